The van der Waals surface area contributed by atoms with Gasteiger partial charge >= 0.3 is 24.3 Å². The number of nitrogens with zero attached hydrogens (tertiary/aromatic N) is 6. The Bertz CT molecular complexity index is 1290. The minimum atomic E-state index is -4.99. The molecule has 0 bridgehead atoms. The third-order valence-electron chi connectivity index (χ3n) is 5.27. The molecular formula is C22H23F4N7O5. The van der Waals surface area contributed by atoms with E-state index in [0.717, 1.165) is 18.2 Å². The maximum atomic E-state index is 14.2. The fraction of sp³-hybridized carbons (Fsp3) is 0.455. The molecule has 2 amide bonds. The first-order valence-electron chi connectivity index (χ1n) is 11.3. The average molecular weight is 541 g/mol. The summed E-state index contributed by atoms with van der Waals surface area (Å²) in [6, 6.07) is 1.31. The predicted molar refractivity (Wildman–Crippen MR) is 119 cm³/mol. The van der Waals surface area contributed by atoms with Crippen LogP contribution in [0.15, 0.2) is 35.0 Å². The SMILES string of the molecule is CC(C)(C)OC(=O)N1CC(NC(=O)c2nnc(-c3cc(OC(F)(F)F)ccc3F)o2)C[C@@H]1Cn1ccnn1. The Balaban J connectivity index is 1.46. The van der Waals surface area contributed by atoms with Crippen molar-refractivity contribution in [2.24, 2.45) is 0 Å². The Morgan fingerprint density at radius 3 is 2.63 bits per heavy atom. The molecule has 1 fully saturated rings. The lowest BCUT2D eigenvalue weighted by Gasteiger charge is -2.28. The van der Waals surface area contributed by atoms with E-state index in [4.69, 9.17) is 9.15 Å². The number of nitrogens with one attached hydrogen (secondary N) is 1. The number of ether oxygens (including phenoxy) is 2. The van der Waals surface area contributed by atoms with Crippen LogP contribution in [0.25, 0.3) is 11.5 Å². The number of carbonyl (C=O) groups is 2. The van der Waals surface area contributed by atoms with Crippen molar-refractivity contribution in [1.29, 1.82) is 0 Å². The van der Waals surface area contributed by atoms with Crippen LogP contribution in [0.4, 0.5) is 22.4 Å². The summed E-state index contributed by atoms with van der Waals surface area (Å²) in [6.07, 6.45) is -2.11. The zero-order chi connectivity index (χ0) is 27.7. The molecule has 0 aliphatic carbocycles. The molecule has 1 aliphatic rings. The highest BCUT2D eigenvalue weighted by Crippen LogP contribution is 2.30. The van der Waals surface area contributed by atoms with Crippen LogP contribution in [0.3, 0.4) is 0 Å². The highest BCUT2D eigenvalue weighted by molar-refractivity contribution is 5.90. The van der Waals surface area contributed by atoms with Gasteiger partial charge in [0.05, 0.1) is 24.3 Å². The largest absolute Gasteiger partial charge is 0.573 e. The number of alkyl halides is 3. The molecule has 204 valence electrons. The van der Waals surface area contributed by atoms with Crippen LogP contribution < -0.4 is 10.1 Å². The number of hydrogen-bond donors (Lipinski definition) is 1. The molecule has 1 aliphatic heterocycles. The molecule has 2 aromatic heterocycles. The minimum Gasteiger partial charge on any atom is -0.444 e. The quantitative estimate of drug-likeness (QED) is 0.467. The first-order chi connectivity index (χ1) is 17.8. The molecule has 0 spiro atoms. The van der Waals surface area contributed by atoms with Crippen molar-refractivity contribution in [2.75, 3.05) is 6.54 Å². The summed E-state index contributed by atoms with van der Waals surface area (Å²) in [4.78, 5) is 27.0. The normalized spacial score (nSPS) is 17.9. The molecule has 2 atom stereocenters. The van der Waals surface area contributed by atoms with Crippen molar-refractivity contribution in [1.82, 2.24) is 35.4 Å². The van der Waals surface area contributed by atoms with Crippen molar-refractivity contribution >= 4 is 12.0 Å². The van der Waals surface area contributed by atoms with Crippen LogP contribution in [-0.4, -0.2) is 72.7 Å². The van der Waals surface area contributed by atoms with Crippen molar-refractivity contribution < 1.29 is 41.0 Å². The summed E-state index contributed by atoms with van der Waals surface area (Å²) in [5.74, 6) is -3.56. The molecule has 3 aromatic rings. The topological polar surface area (TPSA) is 138 Å². The van der Waals surface area contributed by atoms with E-state index in [1.165, 1.54) is 11.1 Å². The van der Waals surface area contributed by atoms with Gasteiger partial charge in [0.25, 0.3) is 5.89 Å². The van der Waals surface area contributed by atoms with Crippen LogP contribution >= 0.6 is 0 Å². The molecule has 1 aromatic carbocycles. The molecule has 0 saturated carbocycles. The summed E-state index contributed by atoms with van der Waals surface area (Å²) < 4.78 is 67.8. The summed E-state index contributed by atoms with van der Waals surface area (Å²) in [6.45, 7) is 5.59. The molecule has 16 heteroatoms. The van der Waals surface area contributed by atoms with E-state index in [1.807, 2.05) is 0 Å². The van der Waals surface area contributed by atoms with Gasteiger partial charge in [-0.1, -0.05) is 5.21 Å². The van der Waals surface area contributed by atoms with Gasteiger partial charge in [0.15, 0.2) is 0 Å². The molecule has 1 saturated heterocycles. The molecule has 1 N–H and O–H groups in total. The summed E-state index contributed by atoms with van der Waals surface area (Å²) >= 11 is 0. The summed E-state index contributed by atoms with van der Waals surface area (Å²) in [7, 11) is 0. The standard InChI is InChI=1S/C22H23F4N7O5/c1-21(2,3)38-20(35)33-10-12(8-13(33)11-32-7-6-27-31-32)28-17(34)19-30-29-18(36-19)15-9-14(4-5-16(15)23)37-22(24,25)26/h4-7,9,12-13H,8,10-11H2,1-3H3,(H,28,34)/t12?,13-/m1/s1. The second-order valence-corrected chi connectivity index (χ2v) is 9.42. The Hall–Kier alpha value is -4.24. The van der Waals surface area contributed by atoms with Crippen molar-refractivity contribution in [2.45, 2.75) is 57.8 Å². The third kappa shape index (κ3) is 6.74. The molecule has 3 heterocycles. The van der Waals surface area contributed by atoms with E-state index in [2.05, 4.69) is 30.6 Å². The van der Waals surface area contributed by atoms with Gasteiger partial charge in [0.1, 0.15) is 17.2 Å². The number of amides is 2. The third-order valence-corrected chi connectivity index (χ3v) is 5.27. The molecule has 0 radical (unpaired) electrons. The van der Waals surface area contributed by atoms with Gasteiger partial charge in [-0.2, -0.15) is 0 Å². The van der Waals surface area contributed by atoms with Gasteiger partial charge < -0.3 is 24.1 Å². The van der Waals surface area contributed by atoms with E-state index in [0.29, 0.717) is 13.0 Å². The number of halogens is 4. The summed E-state index contributed by atoms with van der Waals surface area (Å²) in [5.41, 5.74) is -1.23. The average Bonchev–Trinajstić information content (AvgIpc) is 3.54. The van der Waals surface area contributed by atoms with E-state index in [1.54, 1.807) is 31.6 Å². The maximum absolute atomic E-state index is 14.2. The fourth-order valence-electron chi connectivity index (χ4n) is 3.82. The van der Waals surface area contributed by atoms with Gasteiger partial charge in [0, 0.05) is 18.8 Å². The molecule has 38 heavy (non-hydrogen) atoms. The minimum absolute atomic E-state index is 0.104. The van der Waals surface area contributed by atoms with Crippen molar-refractivity contribution in [3.63, 3.8) is 0 Å². The van der Waals surface area contributed by atoms with E-state index >= 15 is 0 Å². The number of benzene rings is 1. The molecule has 4 rings (SSSR count). The predicted octanol–water partition coefficient (Wildman–Crippen LogP) is 3.17. The zero-order valence-electron chi connectivity index (χ0n) is 20.4. The smallest absolute Gasteiger partial charge is 0.444 e. The van der Waals surface area contributed by atoms with Crippen LogP contribution in [0.1, 0.15) is 37.9 Å². The first-order valence-corrected chi connectivity index (χ1v) is 11.3. The lowest BCUT2D eigenvalue weighted by atomic mass is 10.1. The van der Waals surface area contributed by atoms with Crippen LogP contribution in [0.2, 0.25) is 0 Å². The van der Waals surface area contributed by atoms with E-state index < -0.39 is 58.9 Å². The van der Waals surface area contributed by atoms with Crippen LogP contribution in [-0.2, 0) is 11.3 Å². The number of likely N-dealkylation sites (tertiary alicyclic amines) is 1. The van der Waals surface area contributed by atoms with Crippen molar-refractivity contribution in [3.8, 4) is 17.2 Å². The van der Waals surface area contributed by atoms with E-state index in [9.17, 15) is 27.2 Å². The monoisotopic (exact) mass is 541 g/mol. The van der Waals surface area contributed by atoms with Gasteiger partial charge in [0.2, 0.25) is 0 Å². The second kappa shape index (κ2) is 10.3. The second-order valence-electron chi connectivity index (χ2n) is 9.42. The molecule has 12 nitrogen and oxygen atoms in total. The van der Waals surface area contributed by atoms with Gasteiger partial charge in [-0.25, -0.2) is 9.18 Å². The van der Waals surface area contributed by atoms with Crippen molar-refractivity contribution in [3.05, 3.63) is 42.3 Å². The molecular weight excluding hydrogens is 518 g/mol. The van der Waals surface area contributed by atoms with Gasteiger partial charge in [-0.3, -0.25) is 9.48 Å². The highest BCUT2D eigenvalue weighted by atomic mass is 19.4. The Morgan fingerprint density at radius 1 is 1.21 bits per heavy atom. The Kier molecular flexibility index (Phi) is 7.24. The summed E-state index contributed by atoms with van der Waals surface area (Å²) in [5, 5.41) is 17.5. The number of carbonyl (C=O) groups excluding carboxylic acids is 2. The number of hydrogen-bond acceptors (Lipinski definition) is 9. The van der Waals surface area contributed by atoms with Gasteiger partial charge in [-0.05, 0) is 45.4 Å². The zero-order valence-corrected chi connectivity index (χ0v) is 20.4. The highest BCUT2D eigenvalue weighted by Gasteiger charge is 2.39. The fourth-order valence-corrected chi connectivity index (χ4v) is 3.82. The van der Waals surface area contributed by atoms with E-state index in [-0.39, 0.29) is 12.6 Å². The lowest BCUT2D eigenvalue weighted by Crippen LogP contribution is -2.43. The maximum Gasteiger partial charge on any atom is 0.573 e. The Labute approximate surface area is 212 Å². The van der Waals surface area contributed by atoms with Crippen LogP contribution in [0, 0.1) is 5.82 Å². The molecule has 1 unspecified atom stereocenters. The Morgan fingerprint density at radius 2 is 1.97 bits per heavy atom. The number of rotatable bonds is 6. The first kappa shape index (κ1) is 26.8. The van der Waals surface area contributed by atoms with Gasteiger partial charge in [-0.15, -0.1) is 28.5 Å². The number of aromatic nitrogens is 5. The lowest BCUT2D eigenvalue weighted by molar-refractivity contribution is -0.274. The van der Waals surface area contributed by atoms with Crippen LogP contribution in [0.5, 0.6) is 5.75 Å².